The Balaban J connectivity index is 2.23. The highest BCUT2D eigenvalue weighted by atomic mass is 32.1. The Hall–Kier alpha value is -1.36. The molecule has 5 heteroatoms. The van der Waals surface area contributed by atoms with Crippen LogP contribution in [0, 0.1) is 6.92 Å². The molecule has 0 bridgehead atoms. The van der Waals surface area contributed by atoms with Crippen molar-refractivity contribution in [3.8, 4) is 0 Å². The predicted molar refractivity (Wildman–Crippen MR) is 65.4 cm³/mol. The van der Waals surface area contributed by atoms with Crippen LogP contribution in [-0.2, 0) is 4.79 Å². The first-order chi connectivity index (χ1) is 8.11. The first kappa shape index (κ1) is 12.1. The minimum absolute atomic E-state index is 0.135. The van der Waals surface area contributed by atoms with E-state index in [1.54, 1.807) is 0 Å². The quantitative estimate of drug-likeness (QED) is 0.878. The number of rotatable bonds is 2. The Labute approximate surface area is 104 Å². The van der Waals surface area contributed by atoms with Crippen LogP contribution in [0.4, 0.5) is 0 Å². The van der Waals surface area contributed by atoms with E-state index in [2.05, 4.69) is 0 Å². The van der Waals surface area contributed by atoms with Crippen molar-refractivity contribution in [2.45, 2.75) is 32.2 Å². The average Bonchev–Trinajstić information content (AvgIpc) is 2.74. The molecular weight excluding hydrogens is 238 g/mol. The lowest BCUT2D eigenvalue weighted by Gasteiger charge is -2.32. The van der Waals surface area contributed by atoms with Crippen molar-refractivity contribution in [1.82, 2.24) is 4.90 Å². The third-order valence-corrected chi connectivity index (χ3v) is 4.11. The molecule has 2 rings (SSSR count). The van der Waals surface area contributed by atoms with E-state index in [1.807, 2.05) is 18.4 Å². The number of piperidine rings is 1. The molecule has 0 aromatic carbocycles. The lowest BCUT2D eigenvalue weighted by Crippen LogP contribution is -2.47. The number of hydrogen-bond acceptors (Lipinski definition) is 3. The summed E-state index contributed by atoms with van der Waals surface area (Å²) in [5.41, 5.74) is 0.926. The van der Waals surface area contributed by atoms with Crippen LogP contribution in [0.15, 0.2) is 11.4 Å². The van der Waals surface area contributed by atoms with E-state index in [4.69, 9.17) is 5.11 Å². The van der Waals surface area contributed by atoms with Gasteiger partial charge in [0, 0.05) is 6.54 Å². The molecule has 17 heavy (non-hydrogen) atoms. The molecule has 0 spiro atoms. The highest BCUT2D eigenvalue weighted by Gasteiger charge is 2.33. The molecule has 1 saturated heterocycles. The zero-order chi connectivity index (χ0) is 12.4. The smallest absolute Gasteiger partial charge is 0.326 e. The monoisotopic (exact) mass is 253 g/mol. The number of nitrogens with zero attached hydrogens (tertiary/aromatic N) is 1. The van der Waals surface area contributed by atoms with E-state index < -0.39 is 12.0 Å². The molecule has 1 fully saturated rings. The van der Waals surface area contributed by atoms with Crippen molar-refractivity contribution in [3.63, 3.8) is 0 Å². The third-order valence-electron chi connectivity index (χ3n) is 3.11. The van der Waals surface area contributed by atoms with Gasteiger partial charge in [0.2, 0.25) is 0 Å². The van der Waals surface area contributed by atoms with E-state index in [0.717, 1.165) is 18.4 Å². The van der Waals surface area contributed by atoms with E-state index >= 15 is 0 Å². The maximum Gasteiger partial charge on any atom is 0.326 e. The van der Waals surface area contributed by atoms with Crippen molar-refractivity contribution < 1.29 is 14.7 Å². The van der Waals surface area contributed by atoms with Crippen molar-refractivity contribution in [2.24, 2.45) is 0 Å². The van der Waals surface area contributed by atoms with Crippen molar-refractivity contribution >= 4 is 23.2 Å². The summed E-state index contributed by atoms with van der Waals surface area (Å²) in [4.78, 5) is 25.6. The largest absolute Gasteiger partial charge is 0.480 e. The van der Waals surface area contributed by atoms with Crippen LogP contribution in [0.25, 0.3) is 0 Å². The Morgan fingerprint density at radius 2 is 2.24 bits per heavy atom. The van der Waals surface area contributed by atoms with Crippen molar-refractivity contribution in [1.29, 1.82) is 0 Å². The first-order valence-corrected chi connectivity index (χ1v) is 6.57. The number of carboxylic acids is 1. The molecule has 1 atom stereocenters. The summed E-state index contributed by atoms with van der Waals surface area (Å²) in [5.74, 6) is -1.03. The summed E-state index contributed by atoms with van der Waals surface area (Å²) < 4.78 is 0. The van der Waals surface area contributed by atoms with Crippen LogP contribution in [-0.4, -0.2) is 34.5 Å². The van der Waals surface area contributed by atoms with Crippen LogP contribution in [0.3, 0.4) is 0 Å². The number of aryl methyl sites for hydroxylation is 1. The number of likely N-dealkylation sites (tertiary alicyclic amines) is 1. The van der Waals surface area contributed by atoms with Crippen LogP contribution in [0.5, 0.6) is 0 Å². The summed E-state index contributed by atoms with van der Waals surface area (Å²) in [6, 6.07) is 1.23. The Bertz CT molecular complexity index is 441. The number of carboxylic acid groups (broad SMARTS) is 1. The minimum Gasteiger partial charge on any atom is -0.480 e. The van der Waals surface area contributed by atoms with E-state index in [9.17, 15) is 9.59 Å². The molecule has 1 N–H and O–H groups in total. The van der Waals surface area contributed by atoms with Gasteiger partial charge in [-0.25, -0.2) is 4.79 Å². The second-order valence-corrected chi connectivity index (χ2v) is 5.20. The molecule has 4 nitrogen and oxygen atoms in total. The lowest BCUT2D eigenvalue weighted by molar-refractivity contribution is -0.143. The molecule has 92 valence electrons. The van der Waals surface area contributed by atoms with Gasteiger partial charge in [-0.15, -0.1) is 11.3 Å². The molecule has 1 aromatic rings. The summed E-state index contributed by atoms with van der Waals surface area (Å²) in [5, 5.41) is 11.0. The van der Waals surface area contributed by atoms with Gasteiger partial charge in [0.1, 0.15) is 6.04 Å². The fourth-order valence-electron chi connectivity index (χ4n) is 2.15. The number of aliphatic carboxylic acids is 1. The summed E-state index contributed by atoms with van der Waals surface area (Å²) in [6.45, 7) is 2.43. The number of carbonyl (C=O) groups excluding carboxylic acids is 1. The van der Waals surface area contributed by atoms with Gasteiger partial charge in [-0.1, -0.05) is 0 Å². The SMILES string of the molecule is Cc1ccsc1C(=O)N1CCCC[C@H]1C(=O)O. The lowest BCUT2D eigenvalue weighted by atomic mass is 10.0. The topological polar surface area (TPSA) is 57.6 Å². The molecule has 2 heterocycles. The zero-order valence-electron chi connectivity index (χ0n) is 9.68. The number of thiophene rings is 1. The highest BCUT2D eigenvalue weighted by molar-refractivity contribution is 7.12. The maximum absolute atomic E-state index is 12.3. The Morgan fingerprint density at radius 3 is 2.82 bits per heavy atom. The normalized spacial score (nSPS) is 20.3. The van der Waals surface area contributed by atoms with Gasteiger partial charge in [0.05, 0.1) is 4.88 Å². The number of hydrogen-bond donors (Lipinski definition) is 1. The first-order valence-electron chi connectivity index (χ1n) is 5.69. The van der Waals surface area contributed by atoms with Crippen molar-refractivity contribution in [2.75, 3.05) is 6.54 Å². The predicted octanol–water partition coefficient (Wildman–Crippen LogP) is 2.14. The Kier molecular flexibility index (Phi) is 3.47. The van der Waals surface area contributed by atoms with Crippen LogP contribution in [0.2, 0.25) is 0 Å². The summed E-state index contributed by atoms with van der Waals surface area (Å²) in [7, 11) is 0. The van der Waals surface area contributed by atoms with Gasteiger partial charge >= 0.3 is 5.97 Å². The van der Waals surface area contributed by atoms with Crippen LogP contribution < -0.4 is 0 Å². The number of carbonyl (C=O) groups is 2. The second-order valence-electron chi connectivity index (χ2n) is 4.28. The molecule has 0 unspecified atom stereocenters. The summed E-state index contributed by atoms with van der Waals surface area (Å²) >= 11 is 1.38. The molecule has 1 aromatic heterocycles. The van der Waals surface area contributed by atoms with Gasteiger partial charge < -0.3 is 10.0 Å². The van der Waals surface area contributed by atoms with Gasteiger partial charge in [0.15, 0.2) is 0 Å². The average molecular weight is 253 g/mol. The summed E-state index contributed by atoms with van der Waals surface area (Å²) in [6.07, 6.45) is 2.33. The van der Waals surface area contributed by atoms with E-state index in [-0.39, 0.29) is 5.91 Å². The molecule has 0 aliphatic carbocycles. The molecule has 1 aliphatic rings. The van der Waals surface area contributed by atoms with Gasteiger partial charge in [-0.3, -0.25) is 4.79 Å². The molecule has 0 radical (unpaired) electrons. The third kappa shape index (κ3) is 2.34. The zero-order valence-corrected chi connectivity index (χ0v) is 10.5. The standard InChI is InChI=1S/C12H15NO3S/c1-8-5-7-17-10(8)11(14)13-6-3-2-4-9(13)12(15)16/h5,7,9H,2-4,6H2,1H3,(H,15,16)/t9-/m0/s1. The van der Waals surface area contributed by atoms with Gasteiger partial charge in [0.25, 0.3) is 5.91 Å². The minimum atomic E-state index is -0.896. The van der Waals surface area contributed by atoms with Crippen LogP contribution >= 0.6 is 11.3 Å². The van der Waals surface area contributed by atoms with Crippen LogP contribution in [0.1, 0.15) is 34.5 Å². The second kappa shape index (κ2) is 4.87. The molecule has 0 saturated carbocycles. The molecule has 1 aliphatic heterocycles. The number of amides is 1. The van der Waals surface area contributed by atoms with E-state index in [1.165, 1.54) is 16.2 Å². The van der Waals surface area contributed by atoms with Gasteiger partial charge in [-0.05, 0) is 43.2 Å². The van der Waals surface area contributed by atoms with Crippen molar-refractivity contribution in [3.05, 3.63) is 21.9 Å². The Morgan fingerprint density at radius 1 is 1.47 bits per heavy atom. The maximum atomic E-state index is 12.3. The molecular formula is C12H15NO3S. The highest BCUT2D eigenvalue weighted by Crippen LogP contribution is 2.24. The fourth-order valence-corrected chi connectivity index (χ4v) is 3.03. The fraction of sp³-hybridized carbons (Fsp3) is 0.500. The van der Waals surface area contributed by atoms with E-state index in [0.29, 0.717) is 17.8 Å². The molecule has 1 amide bonds. The van der Waals surface area contributed by atoms with Gasteiger partial charge in [-0.2, -0.15) is 0 Å².